The van der Waals surface area contributed by atoms with Gasteiger partial charge in [0.2, 0.25) is 0 Å². The fourth-order valence-corrected chi connectivity index (χ4v) is 1.28. The number of benzene rings is 1. The number of hydrogen-bond acceptors (Lipinski definition) is 3. The van der Waals surface area contributed by atoms with Gasteiger partial charge in [0.15, 0.2) is 6.73 Å². The Morgan fingerprint density at radius 1 is 1.32 bits per heavy atom. The molecule has 1 aromatic rings. The predicted molar refractivity (Wildman–Crippen MR) is 64.2 cm³/mol. The third kappa shape index (κ3) is 4.50. The zero-order valence-electron chi connectivity index (χ0n) is 10.1. The number of halogens is 2. The van der Waals surface area contributed by atoms with Crippen LogP contribution in [-0.2, 0) is 9.53 Å². The van der Waals surface area contributed by atoms with Gasteiger partial charge in [0.05, 0.1) is 0 Å². The summed E-state index contributed by atoms with van der Waals surface area (Å²) < 4.78 is 31.1. The van der Waals surface area contributed by atoms with E-state index in [0.717, 1.165) is 18.2 Å². The smallest absolute Gasteiger partial charge is 0.307 e. The van der Waals surface area contributed by atoms with E-state index in [1.807, 2.05) is 0 Å². The van der Waals surface area contributed by atoms with E-state index in [1.54, 1.807) is 6.08 Å². The average molecular weight is 269 g/mol. The quantitative estimate of drug-likeness (QED) is 0.489. The second kappa shape index (κ2) is 7.25. The molecule has 0 unspecified atom stereocenters. The second-order valence-corrected chi connectivity index (χ2v) is 3.59. The predicted octanol–water partition coefficient (Wildman–Crippen LogP) is 2.16. The number of rotatable bonds is 6. The van der Waals surface area contributed by atoms with Gasteiger partial charge in [0.1, 0.15) is 17.2 Å². The van der Waals surface area contributed by atoms with Crippen LogP contribution in [0.15, 0.2) is 30.9 Å². The Hall–Kier alpha value is -2.24. The first kappa shape index (κ1) is 14.8. The number of allylic oxidation sites excluding steroid dienone is 1. The lowest BCUT2D eigenvalue weighted by molar-refractivity contribution is -0.143. The highest BCUT2D eigenvalue weighted by Gasteiger charge is 2.16. The van der Waals surface area contributed by atoms with Crippen molar-refractivity contribution in [2.24, 2.45) is 0 Å². The van der Waals surface area contributed by atoms with E-state index < -0.39 is 35.8 Å². The molecule has 1 rings (SSSR count). The summed E-state index contributed by atoms with van der Waals surface area (Å²) in [5.74, 6) is -3.47. The fourth-order valence-electron chi connectivity index (χ4n) is 1.28. The normalized spacial score (nSPS) is 9.79. The van der Waals surface area contributed by atoms with E-state index in [1.165, 1.54) is 0 Å². The first-order chi connectivity index (χ1) is 9.06. The lowest BCUT2D eigenvalue weighted by Gasteiger charge is -2.07. The lowest BCUT2D eigenvalue weighted by atomic mass is 10.2. The monoisotopic (exact) mass is 269 g/mol. The molecule has 102 valence electrons. The fraction of sp³-hybridized carbons (Fsp3) is 0.231. The van der Waals surface area contributed by atoms with Gasteiger partial charge in [-0.2, -0.15) is 0 Å². The SMILES string of the molecule is C=CCCC(=O)OCNC(=O)c1c(F)cccc1F. The summed E-state index contributed by atoms with van der Waals surface area (Å²) in [5.41, 5.74) is -0.704. The molecule has 0 saturated heterocycles. The first-order valence-electron chi connectivity index (χ1n) is 5.55. The number of esters is 1. The Balaban J connectivity index is 2.48. The molecule has 0 aliphatic rings. The second-order valence-electron chi connectivity index (χ2n) is 3.59. The topological polar surface area (TPSA) is 55.4 Å². The molecule has 1 amide bonds. The Kier molecular flexibility index (Phi) is 5.66. The van der Waals surface area contributed by atoms with Crippen molar-refractivity contribution in [1.29, 1.82) is 0 Å². The molecule has 19 heavy (non-hydrogen) atoms. The molecule has 0 saturated carbocycles. The number of hydrogen-bond donors (Lipinski definition) is 1. The maximum Gasteiger partial charge on any atom is 0.307 e. The van der Waals surface area contributed by atoms with Gasteiger partial charge >= 0.3 is 5.97 Å². The number of nitrogens with one attached hydrogen (secondary N) is 1. The third-order valence-corrected chi connectivity index (χ3v) is 2.21. The molecular formula is C13H13F2NO3. The van der Waals surface area contributed by atoms with Crippen molar-refractivity contribution in [2.75, 3.05) is 6.73 Å². The van der Waals surface area contributed by atoms with Crippen LogP contribution < -0.4 is 5.32 Å². The third-order valence-electron chi connectivity index (χ3n) is 2.21. The summed E-state index contributed by atoms with van der Waals surface area (Å²) >= 11 is 0. The van der Waals surface area contributed by atoms with Crippen molar-refractivity contribution in [3.05, 3.63) is 48.1 Å². The molecule has 0 aliphatic heterocycles. The molecule has 0 fully saturated rings. The van der Waals surface area contributed by atoms with Crippen LogP contribution in [0.25, 0.3) is 0 Å². The minimum Gasteiger partial charge on any atom is -0.444 e. The van der Waals surface area contributed by atoms with Crippen LogP contribution in [0.1, 0.15) is 23.2 Å². The van der Waals surface area contributed by atoms with Crippen LogP contribution in [0.3, 0.4) is 0 Å². The van der Waals surface area contributed by atoms with E-state index in [9.17, 15) is 18.4 Å². The molecule has 1 N–H and O–H groups in total. The highest BCUT2D eigenvalue weighted by molar-refractivity contribution is 5.94. The van der Waals surface area contributed by atoms with Crippen LogP contribution in [0.5, 0.6) is 0 Å². The molecule has 1 aromatic carbocycles. The summed E-state index contributed by atoms with van der Waals surface area (Å²) in [7, 11) is 0. The molecule has 0 aliphatic carbocycles. The van der Waals surface area contributed by atoms with Crippen molar-refractivity contribution >= 4 is 11.9 Å². The Morgan fingerprint density at radius 2 is 1.95 bits per heavy atom. The summed E-state index contributed by atoms with van der Waals surface area (Å²) in [6.07, 6.45) is 2.14. The summed E-state index contributed by atoms with van der Waals surface area (Å²) in [6.45, 7) is 3.00. The van der Waals surface area contributed by atoms with E-state index >= 15 is 0 Å². The molecule has 0 radical (unpaired) electrons. The largest absolute Gasteiger partial charge is 0.444 e. The minimum atomic E-state index is -0.980. The molecule has 0 aromatic heterocycles. The van der Waals surface area contributed by atoms with Crippen molar-refractivity contribution < 1.29 is 23.1 Å². The summed E-state index contributed by atoms with van der Waals surface area (Å²) in [4.78, 5) is 22.6. The van der Waals surface area contributed by atoms with Gasteiger partial charge in [0.25, 0.3) is 5.91 Å². The number of ether oxygens (including phenoxy) is 1. The van der Waals surface area contributed by atoms with Gasteiger partial charge in [-0.3, -0.25) is 9.59 Å². The lowest BCUT2D eigenvalue weighted by Crippen LogP contribution is -2.29. The van der Waals surface area contributed by atoms with Crippen LogP contribution in [-0.4, -0.2) is 18.6 Å². The van der Waals surface area contributed by atoms with E-state index in [0.29, 0.717) is 6.42 Å². The molecule has 0 atom stereocenters. The van der Waals surface area contributed by atoms with Gasteiger partial charge < -0.3 is 10.1 Å². The number of amides is 1. The molecule has 6 heteroatoms. The Morgan fingerprint density at radius 3 is 2.53 bits per heavy atom. The average Bonchev–Trinajstić information content (AvgIpc) is 2.36. The van der Waals surface area contributed by atoms with Crippen molar-refractivity contribution in [1.82, 2.24) is 5.32 Å². The van der Waals surface area contributed by atoms with E-state index in [4.69, 9.17) is 0 Å². The van der Waals surface area contributed by atoms with Crippen molar-refractivity contribution in [2.45, 2.75) is 12.8 Å². The molecule has 0 bridgehead atoms. The number of carbonyl (C=O) groups is 2. The standard InChI is InChI=1S/C13H13F2NO3/c1-2-3-7-11(17)19-8-16-13(18)12-9(14)5-4-6-10(12)15/h2,4-6H,1,3,7-8H2,(H,16,18). The maximum absolute atomic E-state index is 13.2. The number of carbonyl (C=O) groups excluding carboxylic acids is 2. The van der Waals surface area contributed by atoms with Gasteiger partial charge in [0, 0.05) is 6.42 Å². The molecule has 0 heterocycles. The molecule has 4 nitrogen and oxygen atoms in total. The van der Waals surface area contributed by atoms with Gasteiger partial charge in [-0.15, -0.1) is 6.58 Å². The maximum atomic E-state index is 13.2. The van der Waals surface area contributed by atoms with Gasteiger partial charge in [-0.1, -0.05) is 12.1 Å². The summed E-state index contributed by atoms with van der Waals surface area (Å²) in [6, 6.07) is 3.08. The van der Waals surface area contributed by atoms with Gasteiger partial charge in [-0.05, 0) is 18.6 Å². The zero-order chi connectivity index (χ0) is 14.3. The first-order valence-corrected chi connectivity index (χ1v) is 5.55. The van der Waals surface area contributed by atoms with Gasteiger partial charge in [-0.25, -0.2) is 8.78 Å². The zero-order valence-corrected chi connectivity index (χ0v) is 10.1. The van der Waals surface area contributed by atoms with E-state index in [2.05, 4.69) is 16.6 Å². The van der Waals surface area contributed by atoms with Crippen LogP contribution in [0, 0.1) is 11.6 Å². The summed E-state index contributed by atoms with van der Waals surface area (Å²) in [5, 5.41) is 2.10. The highest BCUT2D eigenvalue weighted by atomic mass is 19.1. The van der Waals surface area contributed by atoms with E-state index in [-0.39, 0.29) is 6.42 Å². The highest BCUT2D eigenvalue weighted by Crippen LogP contribution is 2.11. The van der Waals surface area contributed by atoms with Crippen LogP contribution in [0.2, 0.25) is 0 Å². The van der Waals surface area contributed by atoms with Crippen molar-refractivity contribution in [3.63, 3.8) is 0 Å². The molecule has 0 spiro atoms. The van der Waals surface area contributed by atoms with Crippen molar-refractivity contribution in [3.8, 4) is 0 Å². The van der Waals surface area contributed by atoms with Crippen LogP contribution in [0.4, 0.5) is 8.78 Å². The minimum absolute atomic E-state index is 0.132. The van der Waals surface area contributed by atoms with Crippen LogP contribution >= 0.6 is 0 Å². The Bertz CT molecular complexity index is 469. The molecular weight excluding hydrogens is 256 g/mol. The Labute approximate surface area is 109 Å².